The highest BCUT2D eigenvalue weighted by Gasteiger charge is 2.01. The van der Waals surface area contributed by atoms with Gasteiger partial charge in [-0.15, -0.1) is 12.4 Å². The van der Waals surface area contributed by atoms with Gasteiger partial charge in [0.25, 0.3) is 0 Å². The summed E-state index contributed by atoms with van der Waals surface area (Å²) in [6, 6.07) is 16.0. The molecule has 2 aromatic rings. The highest BCUT2D eigenvalue weighted by atomic mass is 35.5. The van der Waals surface area contributed by atoms with Crippen molar-refractivity contribution in [1.82, 2.24) is 5.32 Å². The monoisotopic (exact) mass is 353 g/mol. The van der Waals surface area contributed by atoms with Gasteiger partial charge in [0.05, 0.1) is 0 Å². The Hall–Kier alpha value is -1.22. The maximum Gasteiger partial charge on any atom is 0.120 e. The van der Waals surface area contributed by atoms with E-state index in [2.05, 4.69) is 24.4 Å². The summed E-state index contributed by atoms with van der Waals surface area (Å²) < 4.78 is 5.85. The first kappa shape index (κ1) is 19.8. The van der Waals surface area contributed by atoms with Crippen molar-refractivity contribution in [2.75, 3.05) is 6.54 Å². The second-order valence-corrected chi connectivity index (χ2v) is 5.82. The first-order valence-corrected chi connectivity index (χ1v) is 8.33. The van der Waals surface area contributed by atoms with Crippen molar-refractivity contribution in [3.05, 3.63) is 64.7 Å². The molecule has 0 fully saturated rings. The number of unbranched alkanes of at least 4 members (excludes halogenated alkanes) is 2. The van der Waals surface area contributed by atoms with E-state index in [9.17, 15) is 0 Å². The minimum Gasteiger partial charge on any atom is -0.489 e. The molecule has 126 valence electrons. The Balaban J connectivity index is 0.00000264. The predicted molar refractivity (Wildman–Crippen MR) is 101 cm³/mol. The Kier molecular flexibility index (Phi) is 9.77. The van der Waals surface area contributed by atoms with Crippen LogP contribution in [0, 0.1) is 0 Å². The highest BCUT2D eigenvalue weighted by molar-refractivity contribution is 6.31. The molecule has 2 aromatic carbocycles. The van der Waals surface area contributed by atoms with Crippen molar-refractivity contribution in [2.24, 2.45) is 0 Å². The third kappa shape index (κ3) is 7.26. The molecular weight excluding hydrogens is 329 g/mol. The fraction of sp³-hybridized carbons (Fsp3) is 0.368. The van der Waals surface area contributed by atoms with E-state index in [1.807, 2.05) is 36.4 Å². The number of benzene rings is 2. The molecule has 0 heterocycles. The van der Waals surface area contributed by atoms with Gasteiger partial charge in [-0.25, -0.2) is 0 Å². The molecule has 0 aromatic heterocycles. The Labute approximate surface area is 150 Å². The Morgan fingerprint density at radius 3 is 2.65 bits per heavy atom. The van der Waals surface area contributed by atoms with Crippen molar-refractivity contribution in [2.45, 2.75) is 39.3 Å². The number of hydrogen-bond acceptors (Lipinski definition) is 2. The topological polar surface area (TPSA) is 21.3 Å². The number of nitrogens with one attached hydrogen (secondary N) is 1. The molecule has 0 aliphatic heterocycles. The zero-order chi connectivity index (χ0) is 15.6. The third-order valence-electron chi connectivity index (χ3n) is 3.54. The van der Waals surface area contributed by atoms with E-state index in [1.165, 1.54) is 24.8 Å². The zero-order valence-electron chi connectivity index (χ0n) is 13.6. The third-order valence-corrected chi connectivity index (χ3v) is 3.91. The van der Waals surface area contributed by atoms with E-state index in [-0.39, 0.29) is 12.4 Å². The second kappa shape index (κ2) is 11.3. The summed E-state index contributed by atoms with van der Waals surface area (Å²) in [6.45, 7) is 4.67. The van der Waals surface area contributed by atoms with Crippen LogP contribution in [0.25, 0.3) is 0 Å². The molecule has 0 aliphatic rings. The maximum atomic E-state index is 6.14. The van der Waals surface area contributed by atoms with Crippen LogP contribution in [-0.4, -0.2) is 6.54 Å². The van der Waals surface area contributed by atoms with E-state index in [1.54, 1.807) is 0 Å². The normalized spacial score (nSPS) is 10.2. The maximum absolute atomic E-state index is 6.14. The van der Waals surface area contributed by atoms with Crippen molar-refractivity contribution in [3.8, 4) is 5.75 Å². The fourth-order valence-electron chi connectivity index (χ4n) is 2.25. The summed E-state index contributed by atoms with van der Waals surface area (Å²) in [4.78, 5) is 0. The van der Waals surface area contributed by atoms with Crippen LogP contribution in [-0.2, 0) is 13.2 Å². The van der Waals surface area contributed by atoms with E-state index in [4.69, 9.17) is 16.3 Å². The molecule has 0 atom stereocenters. The van der Waals surface area contributed by atoms with Gasteiger partial charge >= 0.3 is 0 Å². The zero-order valence-corrected chi connectivity index (χ0v) is 15.1. The van der Waals surface area contributed by atoms with Gasteiger partial charge in [-0.3, -0.25) is 0 Å². The first-order chi connectivity index (χ1) is 10.8. The summed E-state index contributed by atoms with van der Waals surface area (Å²) in [6.07, 6.45) is 3.78. The largest absolute Gasteiger partial charge is 0.489 e. The van der Waals surface area contributed by atoms with Crippen LogP contribution in [0.5, 0.6) is 5.75 Å². The molecule has 23 heavy (non-hydrogen) atoms. The van der Waals surface area contributed by atoms with Crippen LogP contribution >= 0.6 is 24.0 Å². The summed E-state index contributed by atoms with van der Waals surface area (Å²) in [5.41, 5.74) is 2.25. The van der Waals surface area contributed by atoms with Crippen molar-refractivity contribution >= 4 is 24.0 Å². The highest BCUT2D eigenvalue weighted by Crippen LogP contribution is 2.19. The Bertz CT molecular complexity index is 575. The molecule has 0 saturated heterocycles. The lowest BCUT2D eigenvalue weighted by Crippen LogP contribution is -2.14. The lowest BCUT2D eigenvalue weighted by Gasteiger charge is -2.10. The van der Waals surface area contributed by atoms with Gasteiger partial charge < -0.3 is 10.1 Å². The van der Waals surface area contributed by atoms with Crippen LogP contribution in [0.3, 0.4) is 0 Å². The van der Waals surface area contributed by atoms with Gasteiger partial charge in [0.2, 0.25) is 0 Å². The van der Waals surface area contributed by atoms with E-state index >= 15 is 0 Å². The molecule has 4 heteroatoms. The van der Waals surface area contributed by atoms with Crippen molar-refractivity contribution in [1.29, 1.82) is 0 Å². The lowest BCUT2D eigenvalue weighted by atomic mass is 10.2. The first-order valence-electron chi connectivity index (χ1n) is 7.95. The van der Waals surface area contributed by atoms with E-state index < -0.39 is 0 Å². The van der Waals surface area contributed by atoms with Gasteiger partial charge in [0.1, 0.15) is 12.4 Å². The summed E-state index contributed by atoms with van der Waals surface area (Å²) >= 11 is 6.14. The van der Waals surface area contributed by atoms with Crippen LogP contribution in [0.1, 0.15) is 37.3 Å². The molecule has 0 aliphatic carbocycles. The van der Waals surface area contributed by atoms with Crippen LogP contribution in [0.15, 0.2) is 48.5 Å². The SMILES string of the molecule is CCCCCNCc1cccc(OCc2ccccc2Cl)c1.Cl. The van der Waals surface area contributed by atoms with Gasteiger partial charge in [0.15, 0.2) is 0 Å². The Morgan fingerprint density at radius 2 is 1.87 bits per heavy atom. The van der Waals surface area contributed by atoms with Crippen LogP contribution in [0.2, 0.25) is 5.02 Å². The second-order valence-electron chi connectivity index (χ2n) is 5.41. The minimum absolute atomic E-state index is 0. The average Bonchev–Trinajstić information content (AvgIpc) is 2.54. The molecule has 0 spiro atoms. The minimum atomic E-state index is 0. The van der Waals surface area contributed by atoms with Gasteiger partial charge in [-0.05, 0) is 36.7 Å². The summed E-state index contributed by atoms with van der Waals surface area (Å²) in [5.74, 6) is 0.882. The smallest absolute Gasteiger partial charge is 0.120 e. The van der Waals surface area contributed by atoms with Crippen molar-refractivity contribution < 1.29 is 4.74 Å². The molecule has 0 radical (unpaired) electrons. The predicted octanol–water partition coefficient (Wildman–Crippen LogP) is 5.62. The van der Waals surface area contributed by atoms with E-state index in [0.29, 0.717) is 6.61 Å². The number of ether oxygens (including phenoxy) is 1. The van der Waals surface area contributed by atoms with Gasteiger partial charge in [-0.2, -0.15) is 0 Å². The van der Waals surface area contributed by atoms with Crippen molar-refractivity contribution in [3.63, 3.8) is 0 Å². The molecule has 1 N–H and O–H groups in total. The van der Waals surface area contributed by atoms with Crippen LogP contribution in [0.4, 0.5) is 0 Å². The standard InChI is InChI=1S/C19H24ClNO.ClH/c1-2-3-6-12-21-14-16-8-7-10-18(13-16)22-15-17-9-4-5-11-19(17)20;/h4-5,7-11,13,21H,2-3,6,12,14-15H2,1H3;1H. The quantitative estimate of drug-likeness (QED) is 0.590. The molecule has 0 unspecified atom stereocenters. The Morgan fingerprint density at radius 1 is 1.04 bits per heavy atom. The van der Waals surface area contributed by atoms with E-state index in [0.717, 1.165) is 29.4 Å². The average molecular weight is 354 g/mol. The van der Waals surface area contributed by atoms with Gasteiger partial charge in [0, 0.05) is 17.1 Å². The van der Waals surface area contributed by atoms with Crippen LogP contribution < -0.4 is 10.1 Å². The summed E-state index contributed by atoms with van der Waals surface area (Å²) in [5, 5.41) is 4.22. The fourth-order valence-corrected chi connectivity index (χ4v) is 2.44. The number of rotatable bonds is 9. The molecule has 0 bridgehead atoms. The molecule has 0 amide bonds. The molecule has 2 rings (SSSR count). The molecule has 2 nitrogen and oxygen atoms in total. The molecular formula is C19H25Cl2NO. The summed E-state index contributed by atoms with van der Waals surface area (Å²) in [7, 11) is 0. The number of halogens is 2. The van der Waals surface area contributed by atoms with Gasteiger partial charge in [-0.1, -0.05) is 61.7 Å². The number of hydrogen-bond donors (Lipinski definition) is 1. The lowest BCUT2D eigenvalue weighted by molar-refractivity contribution is 0.306. The molecule has 0 saturated carbocycles.